The van der Waals surface area contributed by atoms with Gasteiger partial charge in [-0.1, -0.05) is 25.5 Å². The first kappa shape index (κ1) is 12.2. The van der Waals surface area contributed by atoms with Crippen molar-refractivity contribution in [3.63, 3.8) is 0 Å². The van der Waals surface area contributed by atoms with E-state index in [4.69, 9.17) is 9.47 Å². The molecule has 2 unspecified atom stereocenters. The van der Waals surface area contributed by atoms with Gasteiger partial charge in [-0.3, -0.25) is 4.79 Å². The van der Waals surface area contributed by atoms with Crippen LogP contribution in [0.5, 0.6) is 0 Å². The summed E-state index contributed by atoms with van der Waals surface area (Å²) in [5.41, 5.74) is 0.544. The minimum Gasteiger partial charge on any atom is -0.459 e. The lowest BCUT2D eigenvalue weighted by atomic mass is 9.91. The second-order valence-corrected chi connectivity index (χ2v) is 4.37. The van der Waals surface area contributed by atoms with Gasteiger partial charge in [0.2, 0.25) is 0 Å². The van der Waals surface area contributed by atoms with Gasteiger partial charge in [-0.05, 0) is 20.3 Å². The summed E-state index contributed by atoms with van der Waals surface area (Å²) in [6.45, 7) is 10.2. The van der Waals surface area contributed by atoms with Crippen molar-refractivity contribution in [3.8, 4) is 0 Å². The predicted octanol–water partition coefficient (Wildman–Crippen LogP) is 2.45. The fourth-order valence-corrected chi connectivity index (χ4v) is 1.96. The van der Waals surface area contributed by atoms with Gasteiger partial charge >= 0.3 is 5.97 Å². The summed E-state index contributed by atoms with van der Waals surface area (Å²) in [6, 6.07) is 0. The molecule has 1 aliphatic rings. The van der Waals surface area contributed by atoms with Crippen molar-refractivity contribution in [2.24, 2.45) is 0 Å². The molecule has 0 aliphatic carbocycles. The Balaban J connectivity index is 2.69. The lowest BCUT2D eigenvalue weighted by Crippen LogP contribution is -2.39. The molecule has 0 aromatic rings. The van der Waals surface area contributed by atoms with Crippen LogP contribution in [0.1, 0.15) is 40.0 Å². The van der Waals surface area contributed by atoms with Gasteiger partial charge < -0.3 is 9.47 Å². The van der Waals surface area contributed by atoms with Gasteiger partial charge in [0.05, 0.1) is 13.0 Å². The van der Waals surface area contributed by atoms with Crippen LogP contribution in [0.25, 0.3) is 0 Å². The third-order valence-electron chi connectivity index (χ3n) is 2.77. The maximum absolute atomic E-state index is 11.3. The quantitative estimate of drug-likeness (QED) is 0.518. The van der Waals surface area contributed by atoms with Crippen molar-refractivity contribution in [3.05, 3.63) is 12.2 Å². The Morgan fingerprint density at radius 1 is 1.73 bits per heavy atom. The molecule has 3 nitrogen and oxygen atoms in total. The molecule has 3 heteroatoms. The van der Waals surface area contributed by atoms with Crippen LogP contribution in [0, 0.1) is 0 Å². The van der Waals surface area contributed by atoms with Gasteiger partial charge in [-0.15, -0.1) is 0 Å². The van der Waals surface area contributed by atoms with Crippen LogP contribution in [0.15, 0.2) is 12.2 Å². The lowest BCUT2D eigenvalue weighted by Gasteiger charge is -2.30. The molecule has 0 radical (unpaired) electrons. The molecule has 0 aromatic heterocycles. The molecule has 15 heavy (non-hydrogen) atoms. The highest BCUT2D eigenvalue weighted by Crippen LogP contribution is 2.35. The fraction of sp³-hybridized carbons (Fsp3) is 0.750. The van der Waals surface area contributed by atoms with E-state index in [0.717, 1.165) is 18.4 Å². The van der Waals surface area contributed by atoms with Gasteiger partial charge in [-0.25, -0.2) is 0 Å². The van der Waals surface area contributed by atoms with E-state index < -0.39 is 5.60 Å². The number of carbonyl (C=O) groups is 1. The first-order chi connectivity index (χ1) is 7.00. The molecule has 1 aliphatic heterocycles. The van der Waals surface area contributed by atoms with E-state index in [2.05, 4.69) is 13.5 Å². The molecule has 0 aromatic carbocycles. The number of hydrogen-bond acceptors (Lipinski definition) is 3. The molecule has 1 heterocycles. The summed E-state index contributed by atoms with van der Waals surface area (Å²) >= 11 is 0. The Morgan fingerprint density at radius 2 is 2.40 bits per heavy atom. The van der Waals surface area contributed by atoms with E-state index in [1.165, 1.54) is 0 Å². The zero-order chi connectivity index (χ0) is 11.5. The number of cyclic esters (lactones) is 1. The zero-order valence-corrected chi connectivity index (χ0v) is 9.84. The van der Waals surface area contributed by atoms with Crippen molar-refractivity contribution in [2.75, 3.05) is 6.61 Å². The van der Waals surface area contributed by atoms with Crippen LogP contribution in [-0.4, -0.2) is 24.3 Å². The van der Waals surface area contributed by atoms with Crippen molar-refractivity contribution >= 4 is 5.97 Å². The van der Waals surface area contributed by atoms with Crippen molar-refractivity contribution in [1.29, 1.82) is 0 Å². The monoisotopic (exact) mass is 212 g/mol. The second kappa shape index (κ2) is 4.79. The van der Waals surface area contributed by atoms with Gasteiger partial charge in [0.15, 0.2) is 0 Å². The van der Waals surface area contributed by atoms with E-state index >= 15 is 0 Å². The third-order valence-corrected chi connectivity index (χ3v) is 2.77. The smallest absolute Gasteiger partial charge is 0.309 e. The standard InChI is InChI=1S/C12H20O3/c1-5-6-12(14-8-9(2)3)7-11(13)15-10(12)4/h10H,2,5-8H2,1,3-4H3. The van der Waals surface area contributed by atoms with Crippen LogP contribution in [0.2, 0.25) is 0 Å². The van der Waals surface area contributed by atoms with Crippen molar-refractivity contribution in [1.82, 2.24) is 0 Å². The van der Waals surface area contributed by atoms with Crippen LogP contribution < -0.4 is 0 Å². The van der Waals surface area contributed by atoms with E-state index in [1.807, 2.05) is 13.8 Å². The molecular formula is C12H20O3. The Labute approximate surface area is 91.4 Å². The van der Waals surface area contributed by atoms with Crippen LogP contribution in [0.4, 0.5) is 0 Å². The molecule has 0 N–H and O–H groups in total. The molecule has 0 amide bonds. The molecule has 86 valence electrons. The van der Waals surface area contributed by atoms with E-state index in [-0.39, 0.29) is 12.1 Å². The van der Waals surface area contributed by atoms with Gasteiger partial charge in [0.25, 0.3) is 0 Å². The maximum Gasteiger partial charge on any atom is 0.309 e. The highest BCUT2D eigenvalue weighted by atomic mass is 16.6. The fourth-order valence-electron chi connectivity index (χ4n) is 1.96. The highest BCUT2D eigenvalue weighted by molar-refractivity contribution is 5.73. The first-order valence-corrected chi connectivity index (χ1v) is 5.48. The van der Waals surface area contributed by atoms with Crippen LogP contribution in [0.3, 0.4) is 0 Å². The average Bonchev–Trinajstić information content (AvgIpc) is 2.40. The molecule has 1 saturated heterocycles. The normalized spacial score (nSPS) is 30.3. The maximum atomic E-state index is 11.3. The van der Waals surface area contributed by atoms with E-state index in [9.17, 15) is 4.79 Å². The highest BCUT2D eigenvalue weighted by Gasteiger charge is 2.47. The van der Waals surface area contributed by atoms with Gasteiger partial charge in [0.1, 0.15) is 11.7 Å². The summed E-state index contributed by atoms with van der Waals surface area (Å²) in [7, 11) is 0. The summed E-state index contributed by atoms with van der Waals surface area (Å²) < 4.78 is 11.0. The minimum atomic E-state index is -0.426. The first-order valence-electron chi connectivity index (χ1n) is 5.48. The molecule has 0 spiro atoms. The average molecular weight is 212 g/mol. The number of ether oxygens (including phenoxy) is 2. The number of rotatable bonds is 5. The van der Waals surface area contributed by atoms with E-state index in [1.54, 1.807) is 0 Å². The van der Waals surface area contributed by atoms with Crippen LogP contribution in [-0.2, 0) is 14.3 Å². The molecule has 0 bridgehead atoms. The summed E-state index contributed by atoms with van der Waals surface area (Å²) in [6.07, 6.45) is 2.06. The predicted molar refractivity (Wildman–Crippen MR) is 58.6 cm³/mol. The molecule has 1 rings (SSSR count). The zero-order valence-electron chi connectivity index (χ0n) is 9.84. The minimum absolute atomic E-state index is 0.149. The van der Waals surface area contributed by atoms with Gasteiger partial charge in [0, 0.05) is 0 Å². The second-order valence-electron chi connectivity index (χ2n) is 4.37. The SMILES string of the molecule is C=C(C)COC1(CCC)CC(=O)OC1C. The third kappa shape index (κ3) is 2.81. The molecule has 1 fully saturated rings. The topological polar surface area (TPSA) is 35.5 Å². The van der Waals surface area contributed by atoms with Crippen molar-refractivity contribution < 1.29 is 14.3 Å². The number of esters is 1. The summed E-state index contributed by atoms with van der Waals surface area (Å²) in [4.78, 5) is 11.3. The Bertz CT molecular complexity index is 260. The summed E-state index contributed by atoms with van der Waals surface area (Å²) in [5.74, 6) is -0.155. The molecular weight excluding hydrogens is 192 g/mol. The lowest BCUT2D eigenvalue weighted by molar-refractivity contribution is -0.142. The molecule has 2 atom stereocenters. The Morgan fingerprint density at radius 3 is 2.80 bits per heavy atom. The summed E-state index contributed by atoms with van der Waals surface area (Å²) in [5, 5.41) is 0. The van der Waals surface area contributed by atoms with Crippen LogP contribution >= 0.6 is 0 Å². The van der Waals surface area contributed by atoms with E-state index in [0.29, 0.717) is 13.0 Å². The largest absolute Gasteiger partial charge is 0.459 e. The van der Waals surface area contributed by atoms with Gasteiger partial charge in [-0.2, -0.15) is 0 Å². The number of carbonyl (C=O) groups excluding carboxylic acids is 1. The molecule has 0 saturated carbocycles. The van der Waals surface area contributed by atoms with Crippen molar-refractivity contribution in [2.45, 2.75) is 51.7 Å². The number of hydrogen-bond donors (Lipinski definition) is 0. The Kier molecular flexibility index (Phi) is 3.91. The Hall–Kier alpha value is -0.830.